The van der Waals surface area contributed by atoms with Crippen LogP contribution < -0.4 is 5.32 Å². The van der Waals surface area contributed by atoms with E-state index in [9.17, 15) is 22.8 Å². The molecule has 0 spiro atoms. The highest BCUT2D eigenvalue weighted by molar-refractivity contribution is 7.90. The number of hydrogen-bond acceptors (Lipinski definition) is 5. The number of rotatable bonds is 4. The lowest BCUT2D eigenvalue weighted by Crippen LogP contribution is -2.37. The maximum absolute atomic E-state index is 12.3. The minimum Gasteiger partial charge on any atom is -0.324 e. The molecule has 2 aromatic carbocycles. The number of aryl methyl sites for hydroxylation is 1. The molecule has 1 N–H and O–H groups in total. The van der Waals surface area contributed by atoms with Crippen LogP contribution in [0.2, 0.25) is 0 Å². The first-order valence-electron chi connectivity index (χ1n) is 7.74. The molecule has 0 radical (unpaired) electrons. The number of amides is 3. The molecule has 2 aromatic rings. The largest absolute Gasteiger partial charge is 0.324 e. The molecule has 3 amide bonds. The van der Waals surface area contributed by atoms with Gasteiger partial charge >= 0.3 is 0 Å². The summed E-state index contributed by atoms with van der Waals surface area (Å²) < 4.78 is 23.3. The Labute approximate surface area is 150 Å². The van der Waals surface area contributed by atoms with Gasteiger partial charge in [-0.2, -0.15) is 0 Å². The second-order valence-electron chi connectivity index (χ2n) is 6.04. The van der Waals surface area contributed by atoms with Gasteiger partial charge in [0.15, 0.2) is 9.84 Å². The number of nitrogens with zero attached hydrogens (tertiary/aromatic N) is 1. The van der Waals surface area contributed by atoms with Gasteiger partial charge in [-0.15, -0.1) is 0 Å². The van der Waals surface area contributed by atoms with E-state index in [1.54, 1.807) is 25.1 Å². The van der Waals surface area contributed by atoms with Gasteiger partial charge in [0.25, 0.3) is 11.8 Å². The van der Waals surface area contributed by atoms with Crippen LogP contribution in [0, 0.1) is 6.92 Å². The molecule has 0 aliphatic carbocycles. The van der Waals surface area contributed by atoms with E-state index in [1.807, 2.05) is 0 Å². The zero-order chi connectivity index (χ0) is 19.1. The highest BCUT2D eigenvalue weighted by atomic mass is 32.2. The second-order valence-corrected chi connectivity index (χ2v) is 8.05. The Balaban J connectivity index is 1.79. The van der Waals surface area contributed by atoms with Crippen molar-refractivity contribution in [2.24, 2.45) is 0 Å². The van der Waals surface area contributed by atoms with Crippen LogP contribution in [-0.4, -0.2) is 43.8 Å². The molecule has 3 rings (SSSR count). The summed E-state index contributed by atoms with van der Waals surface area (Å²) in [6.07, 6.45) is 1.07. The van der Waals surface area contributed by atoms with Crippen LogP contribution in [0.4, 0.5) is 5.69 Å². The van der Waals surface area contributed by atoms with Gasteiger partial charge < -0.3 is 5.32 Å². The van der Waals surface area contributed by atoms with Gasteiger partial charge in [0.05, 0.1) is 16.0 Å². The summed E-state index contributed by atoms with van der Waals surface area (Å²) in [5.41, 5.74) is 1.50. The third-order valence-electron chi connectivity index (χ3n) is 4.09. The summed E-state index contributed by atoms with van der Waals surface area (Å²) in [6, 6.07) is 10.7. The molecule has 0 unspecified atom stereocenters. The molecule has 0 fully saturated rings. The Morgan fingerprint density at radius 2 is 1.62 bits per heavy atom. The summed E-state index contributed by atoms with van der Waals surface area (Å²) >= 11 is 0. The van der Waals surface area contributed by atoms with Crippen molar-refractivity contribution >= 4 is 33.2 Å². The zero-order valence-electron chi connectivity index (χ0n) is 14.1. The molecule has 1 heterocycles. The molecule has 0 bridgehead atoms. The Bertz CT molecular complexity index is 1010. The second kappa shape index (κ2) is 6.38. The summed E-state index contributed by atoms with van der Waals surface area (Å²) in [4.78, 5) is 37.8. The van der Waals surface area contributed by atoms with Gasteiger partial charge in [0.1, 0.15) is 6.54 Å². The van der Waals surface area contributed by atoms with Crippen molar-refractivity contribution in [1.29, 1.82) is 0 Å². The molecule has 7 nitrogen and oxygen atoms in total. The Morgan fingerprint density at radius 3 is 2.15 bits per heavy atom. The van der Waals surface area contributed by atoms with Crippen molar-refractivity contribution in [3.63, 3.8) is 0 Å². The molecule has 0 saturated carbocycles. The third-order valence-corrected chi connectivity index (χ3v) is 5.20. The predicted octanol–water partition coefficient (Wildman–Crippen LogP) is 1.63. The number of carbonyl (C=O) groups is 3. The highest BCUT2D eigenvalue weighted by Gasteiger charge is 2.36. The van der Waals surface area contributed by atoms with Crippen molar-refractivity contribution in [3.05, 3.63) is 59.2 Å². The fraction of sp³-hybridized carbons (Fsp3) is 0.167. The van der Waals surface area contributed by atoms with Crippen molar-refractivity contribution in [2.75, 3.05) is 18.1 Å². The number of fused-ring (bicyclic) bond motifs is 1. The lowest BCUT2D eigenvalue weighted by Gasteiger charge is -2.15. The smallest absolute Gasteiger partial charge is 0.262 e. The van der Waals surface area contributed by atoms with E-state index in [2.05, 4.69) is 5.32 Å². The van der Waals surface area contributed by atoms with Crippen molar-refractivity contribution in [3.8, 4) is 0 Å². The predicted molar refractivity (Wildman–Crippen MR) is 94.7 cm³/mol. The molecule has 0 saturated heterocycles. The summed E-state index contributed by atoms with van der Waals surface area (Å²) in [5, 5.41) is 2.57. The minimum atomic E-state index is -3.42. The number of benzene rings is 2. The molecule has 0 atom stereocenters. The summed E-state index contributed by atoms with van der Waals surface area (Å²) in [7, 11) is -3.42. The van der Waals surface area contributed by atoms with Crippen molar-refractivity contribution in [1.82, 2.24) is 4.90 Å². The van der Waals surface area contributed by atoms with E-state index in [4.69, 9.17) is 0 Å². The van der Waals surface area contributed by atoms with E-state index >= 15 is 0 Å². The molecule has 1 aliphatic rings. The van der Waals surface area contributed by atoms with E-state index in [0.29, 0.717) is 11.3 Å². The molecule has 1 aliphatic heterocycles. The third kappa shape index (κ3) is 3.23. The lowest BCUT2D eigenvalue weighted by atomic mass is 10.1. The minimum absolute atomic E-state index is 0.0686. The van der Waals surface area contributed by atoms with E-state index in [1.165, 1.54) is 24.3 Å². The molecule has 26 heavy (non-hydrogen) atoms. The number of carbonyl (C=O) groups excluding carboxylic acids is 3. The van der Waals surface area contributed by atoms with Crippen LogP contribution in [-0.2, 0) is 14.6 Å². The Hall–Kier alpha value is -3.00. The highest BCUT2D eigenvalue weighted by Crippen LogP contribution is 2.23. The number of anilines is 1. The van der Waals surface area contributed by atoms with Gasteiger partial charge in [0.2, 0.25) is 5.91 Å². The van der Waals surface area contributed by atoms with Crippen LogP contribution in [0.15, 0.2) is 47.4 Å². The van der Waals surface area contributed by atoms with Crippen molar-refractivity contribution in [2.45, 2.75) is 11.8 Å². The Kier molecular flexibility index (Phi) is 4.37. The van der Waals surface area contributed by atoms with Crippen molar-refractivity contribution < 1.29 is 22.8 Å². The van der Waals surface area contributed by atoms with Crippen LogP contribution >= 0.6 is 0 Å². The number of nitrogens with one attached hydrogen (secondary N) is 1. The fourth-order valence-electron chi connectivity index (χ4n) is 2.68. The lowest BCUT2D eigenvalue weighted by molar-refractivity contribution is -0.116. The standard InChI is InChI=1S/C18H16N2O5S/c1-11-7-8-12(26(2,24)25)9-15(11)19-16(21)10-20-17(22)13-5-3-4-6-14(13)18(20)23/h3-9H,10H2,1-2H3,(H,19,21). The SMILES string of the molecule is Cc1ccc(S(C)(=O)=O)cc1NC(=O)CN1C(=O)c2ccccc2C1=O. The fourth-order valence-corrected chi connectivity index (χ4v) is 3.33. The first-order valence-corrected chi connectivity index (χ1v) is 9.63. The summed E-state index contributed by atoms with van der Waals surface area (Å²) in [6.45, 7) is 1.26. The average Bonchev–Trinajstić information content (AvgIpc) is 2.81. The normalized spacial score (nSPS) is 13.7. The van der Waals surface area contributed by atoms with Crippen LogP contribution in [0.25, 0.3) is 0 Å². The Morgan fingerprint density at radius 1 is 1.04 bits per heavy atom. The summed E-state index contributed by atoms with van der Waals surface area (Å²) in [5.74, 6) is -1.64. The first kappa shape index (κ1) is 17.8. The number of imide groups is 1. The monoisotopic (exact) mass is 372 g/mol. The van der Waals surface area contributed by atoms with E-state index in [-0.39, 0.29) is 16.0 Å². The maximum atomic E-state index is 12.3. The number of sulfone groups is 1. The quantitative estimate of drug-likeness (QED) is 0.822. The molecular formula is C18H16N2O5S. The average molecular weight is 372 g/mol. The molecule has 0 aromatic heterocycles. The first-order chi connectivity index (χ1) is 12.2. The van der Waals surface area contributed by atoms with Gasteiger partial charge in [0, 0.05) is 11.9 Å². The molecule has 8 heteroatoms. The topological polar surface area (TPSA) is 101 Å². The van der Waals surface area contributed by atoms with Gasteiger partial charge in [-0.3, -0.25) is 19.3 Å². The van der Waals surface area contributed by atoms with Gasteiger partial charge in [-0.25, -0.2) is 8.42 Å². The van der Waals surface area contributed by atoms with Gasteiger partial charge in [-0.05, 0) is 36.8 Å². The molecular weight excluding hydrogens is 356 g/mol. The molecule has 134 valence electrons. The van der Waals surface area contributed by atoms with Crippen LogP contribution in [0.3, 0.4) is 0 Å². The maximum Gasteiger partial charge on any atom is 0.262 e. The number of hydrogen-bond donors (Lipinski definition) is 1. The zero-order valence-corrected chi connectivity index (χ0v) is 15.0. The van der Waals surface area contributed by atoms with Crippen LogP contribution in [0.1, 0.15) is 26.3 Å². The van der Waals surface area contributed by atoms with Gasteiger partial charge in [-0.1, -0.05) is 18.2 Å². The van der Waals surface area contributed by atoms with E-state index < -0.39 is 34.1 Å². The van der Waals surface area contributed by atoms with Crippen LogP contribution in [0.5, 0.6) is 0 Å². The van der Waals surface area contributed by atoms with E-state index in [0.717, 1.165) is 11.2 Å².